The van der Waals surface area contributed by atoms with Crippen LogP contribution in [-0.4, -0.2) is 46.2 Å². The van der Waals surface area contributed by atoms with E-state index in [9.17, 15) is 13.2 Å². The minimum Gasteiger partial charge on any atom is -0.419 e. The van der Waals surface area contributed by atoms with Crippen LogP contribution in [-0.2, 0) is 12.7 Å². The van der Waals surface area contributed by atoms with Crippen LogP contribution in [0.25, 0.3) is 11.5 Å². The van der Waals surface area contributed by atoms with E-state index in [2.05, 4.69) is 20.0 Å². The average molecular weight is 430 g/mol. The van der Waals surface area contributed by atoms with E-state index >= 15 is 0 Å². The van der Waals surface area contributed by atoms with Crippen molar-refractivity contribution < 1.29 is 17.6 Å². The molecule has 0 saturated carbocycles. The highest BCUT2D eigenvalue weighted by Crippen LogP contribution is 2.30. The molecule has 1 aliphatic rings. The van der Waals surface area contributed by atoms with Crippen LogP contribution in [0.2, 0.25) is 0 Å². The molecule has 2 aromatic carbocycles. The van der Waals surface area contributed by atoms with E-state index in [1.165, 1.54) is 17.7 Å². The molecule has 1 atom stereocenters. The molecule has 0 radical (unpaired) electrons. The van der Waals surface area contributed by atoms with E-state index in [0.717, 1.165) is 37.8 Å². The maximum atomic E-state index is 12.9. The van der Waals surface area contributed by atoms with E-state index in [4.69, 9.17) is 4.42 Å². The lowest BCUT2D eigenvalue weighted by atomic mass is 10.1. The van der Waals surface area contributed by atoms with Gasteiger partial charge in [0.05, 0.1) is 11.6 Å². The van der Waals surface area contributed by atoms with Crippen LogP contribution in [0.5, 0.6) is 0 Å². The molecule has 3 aromatic rings. The molecule has 1 aliphatic heterocycles. The third-order valence-electron chi connectivity index (χ3n) is 5.71. The number of aryl methyl sites for hydroxylation is 1. The highest BCUT2D eigenvalue weighted by molar-refractivity contribution is 5.52. The van der Waals surface area contributed by atoms with Crippen LogP contribution in [0.1, 0.15) is 35.5 Å². The molecule has 0 amide bonds. The van der Waals surface area contributed by atoms with Crippen molar-refractivity contribution in [2.75, 3.05) is 26.2 Å². The Balaban J connectivity index is 1.34. The first-order chi connectivity index (χ1) is 14.8. The SMILES string of the molecule is Cc1ccc(-c2nnc([C@@H](C)N3CCN(Cc4cccc(C(F)(F)F)c4)CC3)o2)cc1. The minimum atomic E-state index is -4.31. The van der Waals surface area contributed by atoms with E-state index < -0.39 is 11.7 Å². The highest BCUT2D eigenvalue weighted by atomic mass is 19.4. The van der Waals surface area contributed by atoms with Crippen molar-refractivity contribution in [3.63, 3.8) is 0 Å². The topological polar surface area (TPSA) is 45.4 Å². The third-order valence-corrected chi connectivity index (χ3v) is 5.71. The van der Waals surface area contributed by atoms with Gasteiger partial charge in [0.15, 0.2) is 0 Å². The second-order valence-corrected chi connectivity index (χ2v) is 8.00. The number of piperazine rings is 1. The molecule has 31 heavy (non-hydrogen) atoms. The highest BCUT2D eigenvalue weighted by Gasteiger charge is 2.31. The smallest absolute Gasteiger partial charge is 0.416 e. The first kappa shape index (κ1) is 21.5. The summed E-state index contributed by atoms with van der Waals surface area (Å²) in [5.41, 5.74) is 2.14. The normalized spacial score (nSPS) is 17.1. The monoisotopic (exact) mass is 430 g/mol. The zero-order chi connectivity index (χ0) is 22.0. The van der Waals surface area contributed by atoms with Gasteiger partial charge in [0, 0.05) is 38.3 Å². The first-order valence-corrected chi connectivity index (χ1v) is 10.3. The molecule has 164 valence electrons. The first-order valence-electron chi connectivity index (χ1n) is 10.3. The summed E-state index contributed by atoms with van der Waals surface area (Å²) in [5.74, 6) is 1.08. The number of alkyl halides is 3. The molecule has 1 aromatic heterocycles. The van der Waals surface area contributed by atoms with Crippen LogP contribution >= 0.6 is 0 Å². The molecule has 2 heterocycles. The van der Waals surface area contributed by atoms with Crippen LogP contribution in [0.15, 0.2) is 52.9 Å². The molecule has 5 nitrogen and oxygen atoms in total. The molecule has 1 fully saturated rings. The lowest BCUT2D eigenvalue weighted by Gasteiger charge is -2.36. The Kier molecular flexibility index (Phi) is 6.11. The van der Waals surface area contributed by atoms with Crippen LogP contribution in [0.3, 0.4) is 0 Å². The fourth-order valence-corrected chi connectivity index (χ4v) is 3.79. The zero-order valence-electron chi connectivity index (χ0n) is 17.6. The maximum Gasteiger partial charge on any atom is 0.416 e. The van der Waals surface area contributed by atoms with Gasteiger partial charge in [0.2, 0.25) is 11.8 Å². The number of aromatic nitrogens is 2. The molecule has 0 bridgehead atoms. The number of nitrogens with zero attached hydrogens (tertiary/aromatic N) is 4. The predicted molar refractivity (Wildman–Crippen MR) is 111 cm³/mol. The summed E-state index contributed by atoms with van der Waals surface area (Å²) in [6.07, 6.45) is -4.31. The molecule has 0 spiro atoms. The second kappa shape index (κ2) is 8.80. The van der Waals surface area contributed by atoms with Crippen LogP contribution in [0.4, 0.5) is 13.2 Å². The van der Waals surface area contributed by atoms with E-state index in [-0.39, 0.29) is 6.04 Å². The fourth-order valence-electron chi connectivity index (χ4n) is 3.79. The molecule has 1 saturated heterocycles. The van der Waals surface area contributed by atoms with E-state index in [1.807, 2.05) is 38.1 Å². The standard InChI is InChI=1S/C23H25F3N4O/c1-16-6-8-19(9-7-16)22-28-27-21(31-22)17(2)30-12-10-29(11-13-30)15-18-4-3-5-20(14-18)23(24,25)26/h3-9,14,17H,10-13,15H2,1-2H3/t17-/m1/s1. The Bertz CT molecular complexity index is 1010. The van der Waals surface area contributed by atoms with Gasteiger partial charge in [-0.25, -0.2) is 0 Å². The van der Waals surface area contributed by atoms with Crippen molar-refractivity contribution >= 4 is 0 Å². The van der Waals surface area contributed by atoms with Crippen molar-refractivity contribution in [2.45, 2.75) is 32.6 Å². The van der Waals surface area contributed by atoms with Gasteiger partial charge in [-0.15, -0.1) is 10.2 Å². The molecule has 0 unspecified atom stereocenters. The van der Waals surface area contributed by atoms with E-state index in [0.29, 0.717) is 23.9 Å². The van der Waals surface area contributed by atoms with Crippen molar-refractivity contribution in [1.82, 2.24) is 20.0 Å². The summed E-state index contributed by atoms with van der Waals surface area (Å²) >= 11 is 0. The maximum absolute atomic E-state index is 12.9. The Morgan fingerprint density at radius 1 is 1.00 bits per heavy atom. The number of hydrogen-bond donors (Lipinski definition) is 0. The molecular weight excluding hydrogens is 405 g/mol. The van der Waals surface area contributed by atoms with Gasteiger partial charge in [-0.05, 0) is 37.6 Å². The van der Waals surface area contributed by atoms with Gasteiger partial charge >= 0.3 is 6.18 Å². The van der Waals surface area contributed by atoms with E-state index in [1.54, 1.807) is 6.07 Å². The summed E-state index contributed by atoms with van der Waals surface area (Å²) < 4.78 is 44.7. The minimum absolute atomic E-state index is 0.0256. The Morgan fingerprint density at radius 3 is 2.39 bits per heavy atom. The van der Waals surface area contributed by atoms with Crippen molar-refractivity contribution in [2.24, 2.45) is 0 Å². The van der Waals surface area contributed by atoms with Crippen molar-refractivity contribution in [1.29, 1.82) is 0 Å². The summed E-state index contributed by atoms with van der Waals surface area (Å²) in [6, 6.07) is 13.5. The third kappa shape index (κ3) is 5.14. The average Bonchev–Trinajstić information content (AvgIpc) is 3.24. The van der Waals surface area contributed by atoms with Gasteiger partial charge in [-0.1, -0.05) is 35.9 Å². The number of hydrogen-bond acceptors (Lipinski definition) is 5. The van der Waals surface area contributed by atoms with Gasteiger partial charge in [0.25, 0.3) is 0 Å². The van der Waals surface area contributed by atoms with Crippen molar-refractivity contribution in [3.8, 4) is 11.5 Å². The Morgan fingerprint density at radius 2 is 1.71 bits per heavy atom. The number of rotatable bonds is 5. The van der Waals surface area contributed by atoms with Gasteiger partial charge < -0.3 is 4.42 Å². The summed E-state index contributed by atoms with van der Waals surface area (Å²) in [5, 5.41) is 8.42. The van der Waals surface area contributed by atoms with Crippen LogP contribution in [0, 0.1) is 6.92 Å². The summed E-state index contributed by atoms with van der Waals surface area (Å²) in [6.45, 7) is 7.65. The molecule has 8 heteroatoms. The van der Waals surface area contributed by atoms with Gasteiger partial charge in [0.1, 0.15) is 0 Å². The summed E-state index contributed by atoms with van der Waals surface area (Å²) in [4.78, 5) is 4.43. The Labute approximate surface area is 179 Å². The lowest BCUT2D eigenvalue weighted by molar-refractivity contribution is -0.137. The van der Waals surface area contributed by atoms with Crippen LogP contribution < -0.4 is 0 Å². The molecule has 4 rings (SSSR count). The largest absolute Gasteiger partial charge is 0.419 e. The number of halogens is 3. The predicted octanol–water partition coefficient (Wildman–Crippen LogP) is 4.94. The second-order valence-electron chi connectivity index (χ2n) is 8.00. The number of benzene rings is 2. The summed E-state index contributed by atoms with van der Waals surface area (Å²) in [7, 11) is 0. The quantitative estimate of drug-likeness (QED) is 0.574. The Hall–Kier alpha value is -2.71. The molecule has 0 aliphatic carbocycles. The molecular formula is C23H25F3N4O. The zero-order valence-corrected chi connectivity index (χ0v) is 17.6. The van der Waals surface area contributed by atoms with Gasteiger partial charge in [-0.3, -0.25) is 9.80 Å². The van der Waals surface area contributed by atoms with Crippen molar-refractivity contribution in [3.05, 3.63) is 71.1 Å². The fraction of sp³-hybridized carbons (Fsp3) is 0.391. The molecule has 0 N–H and O–H groups in total. The lowest BCUT2D eigenvalue weighted by Crippen LogP contribution is -2.46. The van der Waals surface area contributed by atoms with Gasteiger partial charge in [-0.2, -0.15) is 13.2 Å².